The first-order chi connectivity index (χ1) is 14.9. The average molecular weight is 426 g/mol. The van der Waals surface area contributed by atoms with Crippen LogP contribution in [0.15, 0.2) is 77.6 Å². The van der Waals surface area contributed by atoms with Crippen molar-refractivity contribution in [2.75, 3.05) is 5.32 Å². The van der Waals surface area contributed by atoms with Crippen molar-refractivity contribution in [3.8, 4) is 17.0 Å². The minimum atomic E-state index is -4.41. The van der Waals surface area contributed by atoms with Gasteiger partial charge in [-0.2, -0.15) is 18.3 Å². The molecule has 0 spiro atoms. The molecule has 1 N–H and O–H groups in total. The molecule has 31 heavy (non-hydrogen) atoms. The third-order valence-corrected chi connectivity index (χ3v) is 4.65. The molecule has 0 saturated heterocycles. The largest absolute Gasteiger partial charge is 0.416 e. The maximum atomic E-state index is 12.8. The van der Waals surface area contributed by atoms with Gasteiger partial charge in [0.25, 0.3) is 0 Å². The number of carbonyl (C=O) groups is 1. The number of amides is 1. The number of carbonyl (C=O) groups excluding carboxylic acids is 1. The standard InChI is InChI=1S/C22H17F3N4O2/c23-22(24,25)17-9-6-15(7-10-17)21-16(14-27-31-21)8-11-20(30)28-19-12-13-26-29(19)18-4-2-1-3-5-18/h1-7,9-10,12-14H,8,11H2,(H,28,30). The molecule has 2 aromatic carbocycles. The van der Waals surface area contributed by atoms with Gasteiger partial charge in [-0.1, -0.05) is 35.5 Å². The van der Waals surface area contributed by atoms with Crippen LogP contribution in [0, 0.1) is 0 Å². The lowest BCUT2D eigenvalue weighted by molar-refractivity contribution is -0.137. The van der Waals surface area contributed by atoms with Crippen molar-refractivity contribution in [2.24, 2.45) is 0 Å². The number of benzene rings is 2. The van der Waals surface area contributed by atoms with Gasteiger partial charge >= 0.3 is 6.18 Å². The maximum absolute atomic E-state index is 12.8. The molecule has 0 unspecified atom stereocenters. The SMILES string of the molecule is O=C(CCc1cnoc1-c1ccc(C(F)(F)F)cc1)Nc1ccnn1-c1ccccc1. The zero-order valence-electron chi connectivity index (χ0n) is 16.1. The normalized spacial score (nSPS) is 11.5. The van der Waals surface area contributed by atoms with E-state index in [0.717, 1.165) is 17.8 Å². The lowest BCUT2D eigenvalue weighted by Crippen LogP contribution is -2.15. The second-order valence-corrected chi connectivity index (χ2v) is 6.77. The molecule has 0 bridgehead atoms. The molecule has 0 radical (unpaired) electrons. The third-order valence-electron chi connectivity index (χ3n) is 4.65. The number of halogens is 3. The summed E-state index contributed by atoms with van der Waals surface area (Å²) in [4.78, 5) is 12.5. The average Bonchev–Trinajstić information content (AvgIpc) is 3.42. The third kappa shape index (κ3) is 4.66. The van der Waals surface area contributed by atoms with Crippen molar-refractivity contribution in [3.05, 3.63) is 84.2 Å². The number of aryl methyl sites for hydroxylation is 1. The number of rotatable bonds is 6. The van der Waals surface area contributed by atoms with Crippen molar-refractivity contribution in [2.45, 2.75) is 19.0 Å². The van der Waals surface area contributed by atoms with E-state index < -0.39 is 11.7 Å². The first-order valence-corrected chi connectivity index (χ1v) is 9.42. The second-order valence-electron chi connectivity index (χ2n) is 6.77. The summed E-state index contributed by atoms with van der Waals surface area (Å²) in [6.45, 7) is 0. The van der Waals surface area contributed by atoms with Crippen LogP contribution in [0.4, 0.5) is 19.0 Å². The Morgan fingerprint density at radius 1 is 1.03 bits per heavy atom. The van der Waals surface area contributed by atoms with Crippen LogP contribution < -0.4 is 5.32 Å². The Labute approximate surface area is 175 Å². The molecule has 2 heterocycles. The summed E-state index contributed by atoms with van der Waals surface area (Å²) in [5.74, 6) is 0.637. The molecule has 4 aromatic rings. The number of nitrogens with zero attached hydrogens (tertiary/aromatic N) is 3. The Kier molecular flexibility index (Phi) is 5.57. The fourth-order valence-electron chi connectivity index (χ4n) is 3.11. The zero-order valence-corrected chi connectivity index (χ0v) is 16.1. The number of hydrogen-bond acceptors (Lipinski definition) is 4. The van der Waals surface area contributed by atoms with Gasteiger partial charge in [-0.15, -0.1) is 0 Å². The number of alkyl halides is 3. The highest BCUT2D eigenvalue weighted by molar-refractivity contribution is 5.90. The molecule has 6 nitrogen and oxygen atoms in total. The van der Waals surface area contributed by atoms with Crippen LogP contribution in [0.3, 0.4) is 0 Å². The fraction of sp³-hybridized carbons (Fsp3) is 0.136. The molecule has 0 atom stereocenters. The van der Waals surface area contributed by atoms with Gasteiger partial charge in [0.15, 0.2) is 5.76 Å². The first-order valence-electron chi connectivity index (χ1n) is 9.42. The van der Waals surface area contributed by atoms with E-state index in [-0.39, 0.29) is 12.3 Å². The highest BCUT2D eigenvalue weighted by Crippen LogP contribution is 2.32. The van der Waals surface area contributed by atoms with Crippen LogP contribution in [-0.4, -0.2) is 20.8 Å². The monoisotopic (exact) mass is 426 g/mol. The van der Waals surface area contributed by atoms with Gasteiger partial charge in [-0.25, -0.2) is 4.68 Å². The summed E-state index contributed by atoms with van der Waals surface area (Å²) < 4.78 is 45.1. The van der Waals surface area contributed by atoms with Crippen molar-refractivity contribution < 1.29 is 22.5 Å². The molecule has 4 rings (SSSR count). The zero-order chi connectivity index (χ0) is 21.8. The van der Waals surface area contributed by atoms with Gasteiger partial charge in [0.1, 0.15) is 5.82 Å². The van der Waals surface area contributed by atoms with Crippen molar-refractivity contribution >= 4 is 11.7 Å². The Hall–Kier alpha value is -3.88. The molecule has 0 aliphatic heterocycles. The molecule has 2 aromatic heterocycles. The minimum Gasteiger partial charge on any atom is -0.356 e. The molecule has 158 valence electrons. The summed E-state index contributed by atoms with van der Waals surface area (Å²) in [6, 6.07) is 15.7. The number of hydrogen-bond donors (Lipinski definition) is 1. The topological polar surface area (TPSA) is 73.0 Å². The molecule has 9 heteroatoms. The predicted octanol–water partition coefficient (Wildman–Crippen LogP) is 5.12. The lowest BCUT2D eigenvalue weighted by atomic mass is 10.0. The van der Waals surface area contributed by atoms with Gasteiger partial charge in [0.2, 0.25) is 5.91 Å². The first kappa shape index (κ1) is 20.4. The Morgan fingerprint density at radius 2 is 1.77 bits per heavy atom. The molecule has 0 aliphatic carbocycles. The Balaban J connectivity index is 1.42. The van der Waals surface area contributed by atoms with E-state index in [1.807, 2.05) is 30.3 Å². The molecular weight excluding hydrogens is 409 g/mol. The summed E-state index contributed by atoms with van der Waals surface area (Å²) in [5.41, 5.74) is 1.16. The number of nitrogens with one attached hydrogen (secondary N) is 1. The van der Waals surface area contributed by atoms with Crippen molar-refractivity contribution in [1.29, 1.82) is 0 Å². The molecule has 0 saturated carbocycles. The van der Waals surface area contributed by atoms with E-state index in [0.29, 0.717) is 29.1 Å². The summed E-state index contributed by atoms with van der Waals surface area (Å²) in [6.07, 6.45) is -0.910. The lowest BCUT2D eigenvalue weighted by Gasteiger charge is -2.09. The van der Waals surface area contributed by atoms with Crippen LogP contribution in [-0.2, 0) is 17.4 Å². The summed E-state index contributed by atoms with van der Waals surface area (Å²) in [7, 11) is 0. The quantitative estimate of drug-likeness (QED) is 0.465. The smallest absolute Gasteiger partial charge is 0.356 e. The minimum absolute atomic E-state index is 0.134. The highest BCUT2D eigenvalue weighted by atomic mass is 19.4. The second kappa shape index (κ2) is 8.47. The Morgan fingerprint density at radius 3 is 2.48 bits per heavy atom. The fourth-order valence-corrected chi connectivity index (χ4v) is 3.11. The molecular formula is C22H17F3N4O2. The molecule has 1 amide bonds. The highest BCUT2D eigenvalue weighted by Gasteiger charge is 2.30. The van der Waals surface area contributed by atoms with Crippen LogP contribution in [0.2, 0.25) is 0 Å². The van der Waals surface area contributed by atoms with Crippen molar-refractivity contribution in [1.82, 2.24) is 14.9 Å². The van der Waals surface area contributed by atoms with E-state index in [1.165, 1.54) is 18.3 Å². The molecule has 0 fully saturated rings. The van der Waals surface area contributed by atoms with Crippen LogP contribution >= 0.6 is 0 Å². The van der Waals surface area contributed by atoms with Gasteiger partial charge < -0.3 is 9.84 Å². The van der Waals surface area contributed by atoms with Gasteiger partial charge in [-0.05, 0) is 30.7 Å². The van der Waals surface area contributed by atoms with Crippen LogP contribution in [0.25, 0.3) is 17.0 Å². The van der Waals surface area contributed by atoms with E-state index in [4.69, 9.17) is 4.52 Å². The summed E-state index contributed by atoms with van der Waals surface area (Å²) in [5, 5.41) is 10.8. The van der Waals surface area contributed by atoms with Crippen molar-refractivity contribution in [3.63, 3.8) is 0 Å². The van der Waals surface area contributed by atoms with Gasteiger partial charge in [-0.3, -0.25) is 4.79 Å². The van der Waals surface area contributed by atoms with E-state index in [2.05, 4.69) is 15.6 Å². The summed E-state index contributed by atoms with van der Waals surface area (Å²) >= 11 is 0. The van der Waals surface area contributed by atoms with E-state index in [1.54, 1.807) is 16.9 Å². The number of anilines is 1. The van der Waals surface area contributed by atoms with Crippen LogP contribution in [0.5, 0.6) is 0 Å². The Bertz CT molecular complexity index is 1170. The van der Waals surface area contributed by atoms with Gasteiger partial charge in [0.05, 0.1) is 23.6 Å². The van der Waals surface area contributed by atoms with E-state index in [9.17, 15) is 18.0 Å². The van der Waals surface area contributed by atoms with E-state index >= 15 is 0 Å². The number of aromatic nitrogens is 3. The van der Waals surface area contributed by atoms with Crippen LogP contribution in [0.1, 0.15) is 17.5 Å². The predicted molar refractivity (Wildman–Crippen MR) is 107 cm³/mol. The number of para-hydroxylation sites is 1. The maximum Gasteiger partial charge on any atom is 0.416 e. The van der Waals surface area contributed by atoms with Gasteiger partial charge in [0, 0.05) is 23.6 Å². The molecule has 0 aliphatic rings.